The number of alkyl halides is 3. The van der Waals surface area contributed by atoms with Crippen LogP contribution in [0, 0.1) is 12.8 Å². The number of rotatable bonds is 3. The van der Waals surface area contributed by atoms with E-state index in [-0.39, 0.29) is 11.5 Å². The van der Waals surface area contributed by atoms with E-state index in [0.29, 0.717) is 12.3 Å². The normalized spacial score (nSPS) is 25.2. The largest absolute Gasteiger partial charge is 0.423 e. The highest BCUT2D eigenvalue weighted by Gasteiger charge is 2.64. The summed E-state index contributed by atoms with van der Waals surface area (Å²) >= 11 is 0. The van der Waals surface area contributed by atoms with Crippen molar-refractivity contribution >= 4 is 15.7 Å². The summed E-state index contributed by atoms with van der Waals surface area (Å²) in [5.41, 5.74) is 3.47. The summed E-state index contributed by atoms with van der Waals surface area (Å²) in [7, 11) is -4.51. The van der Waals surface area contributed by atoms with E-state index < -0.39 is 44.0 Å². The first kappa shape index (κ1) is 18.2. The third-order valence-electron chi connectivity index (χ3n) is 3.92. The van der Waals surface area contributed by atoms with E-state index in [4.69, 9.17) is 10.2 Å². The number of nitrogens with zero attached hydrogens (tertiary/aromatic N) is 2. The first-order chi connectivity index (χ1) is 10.8. The van der Waals surface area contributed by atoms with Gasteiger partial charge in [-0.15, -0.1) is 10.2 Å². The van der Waals surface area contributed by atoms with Crippen LogP contribution in [-0.4, -0.2) is 37.0 Å². The fourth-order valence-electron chi connectivity index (χ4n) is 2.92. The summed E-state index contributed by atoms with van der Waals surface area (Å²) in [5.74, 6) is -3.39. The van der Waals surface area contributed by atoms with Gasteiger partial charge in [-0.25, -0.2) is 8.42 Å². The second kappa shape index (κ2) is 5.43. The van der Waals surface area contributed by atoms with Crippen LogP contribution in [0.2, 0.25) is 0 Å². The van der Waals surface area contributed by atoms with Crippen LogP contribution in [0.1, 0.15) is 18.7 Å². The predicted octanol–water partition coefficient (Wildman–Crippen LogP) is 1.17. The van der Waals surface area contributed by atoms with Gasteiger partial charge >= 0.3 is 6.18 Å². The van der Waals surface area contributed by atoms with Crippen molar-refractivity contribution < 1.29 is 30.8 Å². The van der Waals surface area contributed by atoms with Gasteiger partial charge < -0.3 is 10.2 Å². The molecule has 1 heterocycles. The first-order valence-corrected chi connectivity index (χ1v) is 8.52. The highest BCUT2D eigenvalue weighted by Crippen LogP contribution is 2.53. The second-order valence-corrected chi connectivity index (χ2v) is 7.61. The van der Waals surface area contributed by atoms with E-state index in [1.165, 1.54) is 6.92 Å². The average molecular weight is 365 g/mol. The molecule has 0 radical (unpaired) electrons. The molecule has 132 valence electrons. The Kier molecular flexibility index (Phi) is 4.11. The molecule has 1 aromatic rings. The molecule has 0 fully saturated rings. The summed E-state index contributed by atoms with van der Waals surface area (Å²) in [6.07, 6.45) is -3.02. The minimum absolute atomic E-state index is 0.114. The van der Waals surface area contributed by atoms with Crippen molar-refractivity contribution in [3.63, 3.8) is 0 Å². The molecule has 0 aliphatic heterocycles. The van der Waals surface area contributed by atoms with Crippen molar-refractivity contribution in [1.82, 2.24) is 10.2 Å². The highest BCUT2D eigenvalue weighted by molar-refractivity contribution is 7.91. The van der Waals surface area contributed by atoms with Gasteiger partial charge in [0, 0.05) is 24.7 Å². The van der Waals surface area contributed by atoms with Gasteiger partial charge in [0.2, 0.25) is 17.7 Å². The molecule has 0 aromatic carbocycles. The Morgan fingerprint density at radius 1 is 1.33 bits per heavy atom. The van der Waals surface area contributed by atoms with Crippen molar-refractivity contribution in [3.05, 3.63) is 35.1 Å². The lowest BCUT2D eigenvalue weighted by Crippen LogP contribution is -2.50. The maximum Gasteiger partial charge on any atom is 0.414 e. The highest BCUT2D eigenvalue weighted by atomic mass is 32.2. The molecule has 24 heavy (non-hydrogen) atoms. The number of allylic oxidation sites excluding steroid dienone is 2. The zero-order valence-electron chi connectivity index (χ0n) is 12.9. The Hall–Kier alpha value is -2.17. The molecule has 1 aliphatic rings. The lowest BCUT2D eigenvalue weighted by molar-refractivity contribution is -0.116. The van der Waals surface area contributed by atoms with Gasteiger partial charge in [0.05, 0.1) is 5.57 Å². The fourth-order valence-corrected chi connectivity index (χ4v) is 4.67. The molecule has 0 saturated carbocycles. The number of aromatic nitrogens is 2. The van der Waals surface area contributed by atoms with E-state index in [2.05, 4.69) is 10.2 Å². The maximum atomic E-state index is 13.6. The lowest BCUT2D eigenvalue weighted by atomic mass is 9.76. The van der Waals surface area contributed by atoms with Crippen molar-refractivity contribution in [2.45, 2.75) is 24.8 Å². The van der Waals surface area contributed by atoms with Gasteiger partial charge in [0.15, 0.2) is 14.6 Å². The number of aryl methyl sites for hydroxylation is 1. The Morgan fingerprint density at radius 2 is 1.92 bits per heavy atom. The maximum absolute atomic E-state index is 13.6. The number of hydrogen-bond donors (Lipinski definition) is 1. The van der Waals surface area contributed by atoms with Gasteiger partial charge in [-0.3, -0.25) is 4.79 Å². The third-order valence-corrected chi connectivity index (χ3v) is 5.84. The Labute approximate surface area is 135 Å². The van der Waals surface area contributed by atoms with Crippen molar-refractivity contribution in [1.29, 1.82) is 0 Å². The van der Waals surface area contributed by atoms with Crippen LogP contribution < -0.4 is 5.73 Å². The number of primary amides is 1. The number of halogens is 3. The van der Waals surface area contributed by atoms with Crippen LogP contribution in [0.25, 0.3) is 0 Å². The van der Waals surface area contributed by atoms with Crippen LogP contribution in [-0.2, 0) is 19.4 Å². The number of amides is 1. The van der Waals surface area contributed by atoms with E-state index >= 15 is 0 Å². The van der Waals surface area contributed by atoms with E-state index in [1.807, 2.05) is 0 Å². The summed E-state index contributed by atoms with van der Waals surface area (Å²) in [6.45, 7) is 2.46. The molecule has 0 spiro atoms. The van der Waals surface area contributed by atoms with E-state index in [0.717, 1.165) is 13.0 Å². The van der Waals surface area contributed by atoms with Gasteiger partial charge in [-0.1, -0.05) is 19.1 Å². The topological polar surface area (TPSA) is 116 Å². The SMILES string of the molecule is Cc1nnc(C2(S(C)(=O)=O)C(C(F)(F)F)=CC=C(C(N)=O)C2C)o1. The molecule has 1 amide bonds. The number of sulfone groups is 1. The summed E-state index contributed by atoms with van der Waals surface area (Å²) in [6, 6.07) is 0. The standard InChI is InChI=1S/C13H14F3N3O4S/c1-6-8(10(17)20)4-5-9(13(14,15)16)12(6,24(3,21)22)11-19-18-7(2)23-11/h4-6H,1-3H3,(H2,17,20). The zero-order chi connectivity index (χ0) is 18.5. The Morgan fingerprint density at radius 3 is 2.29 bits per heavy atom. The number of hydrogen-bond acceptors (Lipinski definition) is 6. The molecular formula is C13H14F3N3O4S. The van der Waals surface area contributed by atoms with Gasteiger partial charge in [0.1, 0.15) is 0 Å². The molecule has 2 N–H and O–H groups in total. The van der Waals surface area contributed by atoms with Crippen molar-refractivity contribution in [2.24, 2.45) is 11.7 Å². The number of nitrogens with two attached hydrogens (primary N) is 1. The summed E-state index contributed by atoms with van der Waals surface area (Å²) in [5, 5.41) is 6.93. The quantitative estimate of drug-likeness (QED) is 0.859. The molecule has 1 aliphatic carbocycles. The second-order valence-electron chi connectivity index (χ2n) is 5.42. The van der Waals surface area contributed by atoms with Crippen LogP contribution in [0.3, 0.4) is 0 Å². The predicted molar refractivity (Wildman–Crippen MR) is 76.1 cm³/mol. The van der Waals surface area contributed by atoms with Gasteiger partial charge in [-0.05, 0) is 0 Å². The average Bonchev–Trinajstić information content (AvgIpc) is 2.81. The monoisotopic (exact) mass is 365 g/mol. The van der Waals surface area contributed by atoms with Crippen molar-refractivity contribution in [3.8, 4) is 0 Å². The minimum atomic E-state index is -5.01. The zero-order valence-corrected chi connectivity index (χ0v) is 13.7. The molecule has 0 bridgehead atoms. The van der Waals surface area contributed by atoms with Crippen LogP contribution in [0.4, 0.5) is 13.2 Å². The molecule has 1 aromatic heterocycles. The number of carbonyl (C=O) groups is 1. The van der Waals surface area contributed by atoms with E-state index in [1.54, 1.807) is 0 Å². The van der Waals surface area contributed by atoms with Crippen molar-refractivity contribution in [2.75, 3.05) is 6.26 Å². The van der Waals surface area contributed by atoms with Gasteiger partial charge in [-0.2, -0.15) is 13.2 Å². The summed E-state index contributed by atoms with van der Waals surface area (Å²) < 4.78 is 68.1. The van der Waals surface area contributed by atoms with Crippen LogP contribution in [0.5, 0.6) is 0 Å². The molecule has 11 heteroatoms. The molecule has 0 saturated heterocycles. The number of carbonyl (C=O) groups excluding carboxylic acids is 1. The molecule has 2 unspecified atom stereocenters. The lowest BCUT2D eigenvalue weighted by Gasteiger charge is -2.39. The fraction of sp³-hybridized carbons (Fsp3) is 0.462. The van der Waals surface area contributed by atoms with E-state index in [9.17, 15) is 26.4 Å². The Balaban J connectivity index is 2.96. The minimum Gasteiger partial charge on any atom is -0.423 e. The van der Waals surface area contributed by atoms with Crippen LogP contribution >= 0.6 is 0 Å². The molecule has 2 rings (SSSR count). The summed E-state index contributed by atoms with van der Waals surface area (Å²) in [4.78, 5) is 11.6. The van der Waals surface area contributed by atoms with Gasteiger partial charge in [0.25, 0.3) is 0 Å². The molecule has 7 nitrogen and oxygen atoms in total. The Bertz CT molecular complexity index is 854. The molecular weight excluding hydrogens is 351 g/mol. The molecule has 2 atom stereocenters. The van der Waals surface area contributed by atoms with Crippen LogP contribution in [0.15, 0.2) is 27.7 Å². The smallest absolute Gasteiger partial charge is 0.414 e. The third kappa shape index (κ3) is 2.52. The first-order valence-electron chi connectivity index (χ1n) is 6.63.